The van der Waals surface area contributed by atoms with Gasteiger partial charge in [-0.25, -0.2) is 5.43 Å². The second kappa shape index (κ2) is 12.6. The summed E-state index contributed by atoms with van der Waals surface area (Å²) in [5.41, 5.74) is 5.41. The van der Waals surface area contributed by atoms with Crippen LogP contribution in [0.5, 0.6) is 17.2 Å². The van der Waals surface area contributed by atoms with Gasteiger partial charge in [0.25, 0.3) is 5.91 Å². The number of nitrogens with zero attached hydrogens (tertiary/aromatic N) is 4. The zero-order valence-electron chi connectivity index (χ0n) is 21.7. The lowest BCUT2D eigenvalue weighted by atomic mass is 9.95. The highest BCUT2D eigenvalue weighted by molar-refractivity contribution is 7.99. The average Bonchev–Trinajstić information content (AvgIpc) is 3.36. The maximum atomic E-state index is 12.6. The van der Waals surface area contributed by atoms with E-state index in [4.69, 9.17) is 14.2 Å². The van der Waals surface area contributed by atoms with Crippen molar-refractivity contribution < 1.29 is 19.0 Å². The van der Waals surface area contributed by atoms with Gasteiger partial charge in [-0.05, 0) is 19.8 Å². The topological polar surface area (TPSA) is 99.9 Å². The van der Waals surface area contributed by atoms with Crippen molar-refractivity contribution in [3.63, 3.8) is 0 Å². The number of hydrazone groups is 1. The van der Waals surface area contributed by atoms with Gasteiger partial charge >= 0.3 is 0 Å². The third-order valence-electron chi connectivity index (χ3n) is 6.38. The number of amides is 1. The second-order valence-electron chi connectivity index (χ2n) is 8.86. The molecule has 0 radical (unpaired) electrons. The SMILES string of the molecule is COc1cc(OC)c(C=NNC(=O)CSc2nnc(-c3ccc(C)cc3)n2C2CCCCC2)c(OC)c1. The van der Waals surface area contributed by atoms with Crippen molar-refractivity contribution >= 4 is 23.9 Å². The van der Waals surface area contributed by atoms with Crippen molar-refractivity contribution in [3.8, 4) is 28.6 Å². The number of hydrogen-bond acceptors (Lipinski definition) is 8. The summed E-state index contributed by atoms with van der Waals surface area (Å²) < 4.78 is 18.3. The number of rotatable bonds is 10. The lowest BCUT2D eigenvalue weighted by Crippen LogP contribution is -2.21. The first-order valence-corrected chi connectivity index (χ1v) is 13.3. The van der Waals surface area contributed by atoms with Gasteiger partial charge in [-0.15, -0.1) is 10.2 Å². The van der Waals surface area contributed by atoms with Crippen molar-refractivity contribution in [2.24, 2.45) is 5.10 Å². The van der Waals surface area contributed by atoms with Crippen molar-refractivity contribution in [2.45, 2.75) is 50.2 Å². The Labute approximate surface area is 221 Å². The molecule has 1 aliphatic rings. The number of ether oxygens (including phenoxy) is 3. The third kappa shape index (κ3) is 6.43. The average molecular weight is 524 g/mol. The molecule has 0 spiro atoms. The maximum Gasteiger partial charge on any atom is 0.250 e. The van der Waals surface area contributed by atoms with Crippen LogP contribution in [-0.4, -0.2) is 54.0 Å². The zero-order chi connectivity index (χ0) is 26.2. The first-order valence-electron chi connectivity index (χ1n) is 12.3. The Kier molecular flexibility index (Phi) is 9.05. The summed E-state index contributed by atoms with van der Waals surface area (Å²) in [7, 11) is 4.67. The van der Waals surface area contributed by atoms with E-state index in [0.29, 0.717) is 28.9 Å². The van der Waals surface area contributed by atoms with Crippen molar-refractivity contribution in [2.75, 3.05) is 27.1 Å². The minimum atomic E-state index is -0.247. The molecule has 0 bridgehead atoms. The Morgan fingerprint density at radius 2 is 1.73 bits per heavy atom. The molecule has 10 heteroatoms. The van der Waals surface area contributed by atoms with Crippen LogP contribution in [-0.2, 0) is 4.79 Å². The summed E-state index contributed by atoms with van der Waals surface area (Å²) in [4.78, 5) is 12.6. The lowest BCUT2D eigenvalue weighted by molar-refractivity contribution is -0.118. The Balaban J connectivity index is 1.46. The maximum absolute atomic E-state index is 12.6. The van der Waals surface area contributed by atoms with Crippen LogP contribution in [0.2, 0.25) is 0 Å². The number of nitrogens with one attached hydrogen (secondary N) is 1. The van der Waals surface area contributed by atoms with Crippen LogP contribution < -0.4 is 19.6 Å². The molecule has 1 N–H and O–H groups in total. The van der Waals surface area contributed by atoms with Crippen LogP contribution >= 0.6 is 11.8 Å². The van der Waals surface area contributed by atoms with E-state index in [0.717, 1.165) is 29.4 Å². The van der Waals surface area contributed by atoms with E-state index in [1.165, 1.54) is 42.8 Å². The highest BCUT2D eigenvalue weighted by atomic mass is 32.2. The molecule has 3 aromatic rings. The molecule has 1 saturated carbocycles. The highest BCUT2D eigenvalue weighted by Crippen LogP contribution is 2.36. The predicted octanol–water partition coefficient (Wildman–Crippen LogP) is 5.03. The molecule has 1 fully saturated rings. The molecule has 9 nitrogen and oxygen atoms in total. The molecule has 196 valence electrons. The number of hydrogen-bond donors (Lipinski definition) is 1. The van der Waals surface area contributed by atoms with Gasteiger partial charge in [0.2, 0.25) is 0 Å². The van der Waals surface area contributed by atoms with E-state index in [1.807, 2.05) is 0 Å². The molecule has 1 aromatic heterocycles. The van der Waals surface area contributed by atoms with E-state index in [-0.39, 0.29) is 11.7 Å². The Hall–Kier alpha value is -3.53. The van der Waals surface area contributed by atoms with Crippen LogP contribution in [0, 0.1) is 6.92 Å². The summed E-state index contributed by atoms with van der Waals surface area (Å²) >= 11 is 1.37. The molecule has 0 atom stereocenters. The number of carbonyl (C=O) groups excluding carboxylic acids is 1. The number of benzene rings is 2. The van der Waals surface area contributed by atoms with Crippen LogP contribution in [0.1, 0.15) is 49.3 Å². The minimum absolute atomic E-state index is 0.160. The summed E-state index contributed by atoms with van der Waals surface area (Å²) in [5.74, 6) is 2.40. The van der Waals surface area contributed by atoms with Gasteiger partial charge in [0.15, 0.2) is 11.0 Å². The molecular weight excluding hydrogens is 490 g/mol. The summed E-state index contributed by atoms with van der Waals surface area (Å²) in [6, 6.07) is 12.1. The predicted molar refractivity (Wildman–Crippen MR) is 145 cm³/mol. The molecule has 0 unspecified atom stereocenters. The molecule has 1 heterocycles. The van der Waals surface area contributed by atoms with Crippen molar-refractivity contribution in [3.05, 3.63) is 47.5 Å². The van der Waals surface area contributed by atoms with Crippen LogP contribution in [0.15, 0.2) is 46.7 Å². The first-order chi connectivity index (χ1) is 18.0. The van der Waals surface area contributed by atoms with Gasteiger partial charge in [-0.2, -0.15) is 5.10 Å². The Bertz CT molecular complexity index is 1210. The van der Waals surface area contributed by atoms with Gasteiger partial charge < -0.3 is 14.2 Å². The fourth-order valence-electron chi connectivity index (χ4n) is 4.43. The van der Waals surface area contributed by atoms with Gasteiger partial charge in [0.05, 0.1) is 38.9 Å². The van der Waals surface area contributed by atoms with Crippen LogP contribution in [0.4, 0.5) is 0 Å². The van der Waals surface area contributed by atoms with Gasteiger partial charge in [0.1, 0.15) is 17.2 Å². The standard InChI is InChI=1S/C27H33N5O4S/c1-18-10-12-19(13-11-18)26-30-31-27(32(26)20-8-6-5-7-9-20)37-17-25(33)29-28-16-22-23(35-3)14-21(34-2)15-24(22)36-4/h10-16,20H,5-9,17H2,1-4H3,(H,29,33). The molecule has 0 aliphatic heterocycles. The molecule has 1 amide bonds. The lowest BCUT2D eigenvalue weighted by Gasteiger charge is -2.25. The monoisotopic (exact) mass is 523 g/mol. The van der Waals surface area contributed by atoms with Crippen molar-refractivity contribution in [1.29, 1.82) is 0 Å². The smallest absolute Gasteiger partial charge is 0.250 e. The number of aromatic nitrogens is 3. The fourth-order valence-corrected chi connectivity index (χ4v) is 5.23. The fraction of sp³-hybridized carbons (Fsp3) is 0.407. The second-order valence-corrected chi connectivity index (χ2v) is 9.80. The number of thioether (sulfide) groups is 1. The van der Waals surface area contributed by atoms with E-state index >= 15 is 0 Å². The highest BCUT2D eigenvalue weighted by Gasteiger charge is 2.24. The van der Waals surface area contributed by atoms with Gasteiger partial charge in [-0.3, -0.25) is 9.36 Å². The summed E-state index contributed by atoms with van der Waals surface area (Å²) in [5, 5.41) is 13.8. The van der Waals surface area contributed by atoms with Crippen molar-refractivity contribution in [1.82, 2.24) is 20.2 Å². The molecule has 1 aliphatic carbocycles. The molecule has 37 heavy (non-hydrogen) atoms. The van der Waals surface area contributed by atoms with E-state index in [9.17, 15) is 4.79 Å². The van der Waals surface area contributed by atoms with E-state index < -0.39 is 0 Å². The quantitative estimate of drug-likeness (QED) is 0.226. The van der Waals surface area contributed by atoms with E-state index in [1.54, 1.807) is 33.5 Å². The van der Waals surface area contributed by atoms with E-state index in [2.05, 4.69) is 56.5 Å². The number of aryl methyl sites for hydroxylation is 1. The Morgan fingerprint density at radius 1 is 1.05 bits per heavy atom. The summed E-state index contributed by atoms with van der Waals surface area (Å²) in [6.07, 6.45) is 7.31. The van der Waals surface area contributed by atoms with Gasteiger partial charge in [-0.1, -0.05) is 60.9 Å². The van der Waals surface area contributed by atoms with Crippen LogP contribution in [0.3, 0.4) is 0 Å². The van der Waals surface area contributed by atoms with Crippen LogP contribution in [0.25, 0.3) is 11.4 Å². The minimum Gasteiger partial charge on any atom is -0.496 e. The molecule has 4 rings (SSSR count). The molecular formula is C27H33N5O4S. The first kappa shape index (κ1) is 26.5. The molecule has 0 saturated heterocycles. The number of carbonyl (C=O) groups is 1. The Morgan fingerprint density at radius 3 is 2.35 bits per heavy atom. The third-order valence-corrected chi connectivity index (χ3v) is 7.33. The largest absolute Gasteiger partial charge is 0.496 e. The molecule has 2 aromatic carbocycles. The normalized spacial score (nSPS) is 14.1. The number of methoxy groups -OCH3 is 3. The van der Waals surface area contributed by atoms with Gasteiger partial charge in [0, 0.05) is 23.7 Å². The summed E-state index contributed by atoms with van der Waals surface area (Å²) in [6.45, 7) is 2.07. The zero-order valence-corrected chi connectivity index (χ0v) is 22.5.